The van der Waals surface area contributed by atoms with Gasteiger partial charge in [0.2, 0.25) is 17.7 Å². The molecule has 1 fully saturated rings. The van der Waals surface area contributed by atoms with Crippen LogP contribution >= 0.6 is 0 Å². The molecule has 0 aromatic carbocycles. The van der Waals surface area contributed by atoms with Crippen LogP contribution in [0.25, 0.3) is 0 Å². The molecule has 2 aliphatic rings. The third-order valence-electron chi connectivity index (χ3n) is 4.32. The van der Waals surface area contributed by atoms with Gasteiger partial charge < -0.3 is 16.2 Å². The van der Waals surface area contributed by atoms with E-state index in [1.54, 1.807) is 12.1 Å². The van der Waals surface area contributed by atoms with Gasteiger partial charge in [0.1, 0.15) is 5.41 Å². The molecule has 1 aromatic heterocycles. The number of carbonyl (C=O) groups is 3. The number of hydrogen-bond donors (Lipinski definition) is 2. The fourth-order valence-corrected chi connectivity index (χ4v) is 3.43. The van der Waals surface area contributed by atoms with Gasteiger partial charge in [-0.25, -0.2) is 4.98 Å². The number of amides is 2. The first kappa shape index (κ1) is 17.7. The minimum absolute atomic E-state index is 0.0862. The number of fused-ring (bicyclic) bond motifs is 4. The van der Waals surface area contributed by atoms with Gasteiger partial charge in [-0.05, 0) is 18.4 Å². The van der Waals surface area contributed by atoms with Crippen molar-refractivity contribution in [3.05, 3.63) is 35.5 Å². The van der Waals surface area contributed by atoms with E-state index in [4.69, 9.17) is 10.5 Å². The van der Waals surface area contributed by atoms with E-state index in [2.05, 4.69) is 17.3 Å². The Morgan fingerprint density at radius 3 is 2.50 bits per heavy atom. The number of Topliss-reactive ketones (excluding diaryl/α,β-unsaturated/α-hetero) is 1. The van der Waals surface area contributed by atoms with Gasteiger partial charge in [0.25, 0.3) is 0 Å². The highest BCUT2D eigenvalue weighted by Gasteiger charge is 2.55. The average molecular weight is 331 g/mol. The number of allylic oxidation sites excluding steroid dienone is 1. The summed E-state index contributed by atoms with van der Waals surface area (Å²) in [6.45, 7) is 5.27. The predicted molar refractivity (Wildman–Crippen MR) is 87.1 cm³/mol. The molecule has 7 nitrogen and oxygen atoms in total. The van der Waals surface area contributed by atoms with Gasteiger partial charge in [0.15, 0.2) is 5.78 Å². The quantitative estimate of drug-likeness (QED) is 0.599. The van der Waals surface area contributed by atoms with Crippen molar-refractivity contribution in [1.82, 2.24) is 4.98 Å². The molecule has 4 N–H and O–H groups in total. The number of pyridine rings is 1. The lowest BCUT2D eigenvalue weighted by Gasteiger charge is -2.43. The molecule has 1 heterocycles. The van der Waals surface area contributed by atoms with E-state index in [0.29, 0.717) is 30.7 Å². The number of primary amides is 2. The molecule has 24 heavy (non-hydrogen) atoms. The average Bonchev–Trinajstić information content (AvgIpc) is 2.48. The molecule has 2 amide bonds. The molecular formula is C17H21N3O4. The molecule has 7 heteroatoms. The number of hydrogen-bond acceptors (Lipinski definition) is 5. The van der Waals surface area contributed by atoms with E-state index in [1.807, 2.05) is 0 Å². The second-order valence-electron chi connectivity index (χ2n) is 6.12. The van der Waals surface area contributed by atoms with Crippen molar-refractivity contribution < 1.29 is 19.1 Å². The van der Waals surface area contributed by atoms with E-state index in [-0.39, 0.29) is 17.6 Å². The van der Waals surface area contributed by atoms with Crippen molar-refractivity contribution in [2.45, 2.75) is 31.6 Å². The molecular weight excluding hydrogens is 310 g/mol. The Hall–Kier alpha value is -2.70. The molecule has 0 spiro atoms. The lowest BCUT2D eigenvalue weighted by Crippen LogP contribution is -2.56. The number of aromatic nitrogens is 1. The minimum Gasteiger partial charge on any atom is -0.481 e. The van der Waals surface area contributed by atoms with Crippen LogP contribution in [0.1, 0.15) is 31.0 Å². The number of nitrogens with zero attached hydrogens (tertiary/aromatic N) is 1. The molecule has 2 atom stereocenters. The van der Waals surface area contributed by atoms with Gasteiger partial charge in [-0.15, -0.1) is 0 Å². The van der Waals surface area contributed by atoms with Crippen LogP contribution < -0.4 is 16.2 Å². The SMILES string of the molecule is C=C1CC2Cc3nc(OC)ccc3C(C(N)=O)(C1)C2=O.CC(N)=O. The van der Waals surface area contributed by atoms with Gasteiger partial charge in [-0.3, -0.25) is 14.4 Å². The fraction of sp³-hybridized carbons (Fsp3) is 0.412. The number of methoxy groups -OCH3 is 1. The summed E-state index contributed by atoms with van der Waals surface area (Å²) in [6, 6.07) is 3.40. The Bertz CT molecular complexity index is 725. The second kappa shape index (κ2) is 6.43. The second-order valence-corrected chi connectivity index (χ2v) is 6.12. The van der Waals surface area contributed by atoms with Gasteiger partial charge in [0, 0.05) is 31.0 Å². The zero-order chi connectivity index (χ0) is 18.1. The Labute approximate surface area is 140 Å². The Morgan fingerprint density at radius 1 is 1.33 bits per heavy atom. The zero-order valence-electron chi connectivity index (χ0n) is 13.8. The lowest BCUT2D eigenvalue weighted by atomic mass is 9.58. The van der Waals surface area contributed by atoms with Crippen LogP contribution in [0.2, 0.25) is 0 Å². The van der Waals surface area contributed by atoms with Crippen LogP contribution in [0.15, 0.2) is 24.3 Å². The van der Waals surface area contributed by atoms with Crippen LogP contribution in [0.4, 0.5) is 0 Å². The Kier molecular flexibility index (Phi) is 4.73. The molecule has 3 rings (SSSR count). The fourth-order valence-electron chi connectivity index (χ4n) is 3.43. The van der Waals surface area contributed by atoms with Crippen molar-refractivity contribution in [2.24, 2.45) is 17.4 Å². The van der Waals surface area contributed by atoms with Crippen LogP contribution in [0, 0.1) is 5.92 Å². The summed E-state index contributed by atoms with van der Waals surface area (Å²) in [7, 11) is 1.54. The highest BCUT2D eigenvalue weighted by Crippen LogP contribution is 2.47. The molecule has 0 radical (unpaired) electrons. The highest BCUT2D eigenvalue weighted by atomic mass is 16.5. The van der Waals surface area contributed by atoms with Crippen molar-refractivity contribution in [3.8, 4) is 5.88 Å². The van der Waals surface area contributed by atoms with Gasteiger partial charge >= 0.3 is 0 Å². The number of ether oxygens (including phenoxy) is 1. The molecule has 2 aliphatic carbocycles. The standard InChI is InChI=1S/C15H16N2O3.C2H5NO/c1-8-5-9-6-11-10(3-4-12(17-11)20-2)15(7-8,13(9)18)14(16)19;1-2(3)4/h3-4,9H,1,5-7H2,2H3,(H2,16,19);1H3,(H2,3,4). The first-order valence-electron chi connectivity index (χ1n) is 7.53. The smallest absolute Gasteiger partial charge is 0.236 e. The third kappa shape index (κ3) is 2.89. The van der Waals surface area contributed by atoms with Gasteiger partial charge in [-0.2, -0.15) is 0 Å². The van der Waals surface area contributed by atoms with Crippen molar-refractivity contribution >= 4 is 17.6 Å². The summed E-state index contributed by atoms with van der Waals surface area (Å²) in [5, 5.41) is 0. The number of rotatable bonds is 2. The molecule has 0 aliphatic heterocycles. The molecule has 128 valence electrons. The summed E-state index contributed by atoms with van der Waals surface area (Å²) in [5.41, 5.74) is 11.0. The maximum Gasteiger partial charge on any atom is 0.236 e. The predicted octanol–water partition coefficient (Wildman–Crippen LogP) is 0.396. The molecule has 2 bridgehead atoms. The van der Waals surface area contributed by atoms with Gasteiger partial charge in [0.05, 0.1) is 7.11 Å². The number of nitrogens with two attached hydrogens (primary N) is 2. The molecule has 1 aromatic rings. The molecule has 2 unspecified atom stereocenters. The molecule has 0 saturated heterocycles. The monoisotopic (exact) mass is 331 g/mol. The van der Waals surface area contributed by atoms with Crippen LogP contribution in [0.3, 0.4) is 0 Å². The van der Waals surface area contributed by atoms with E-state index in [9.17, 15) is 14.4 Å². The summed E-state index contributed by atoms with van der Waals surface area (Å²) in [5.74, 6) is -0.802. The van der Waals surface area contributed by atoms with Crippen LogP contribution in [-0.2, 0) is 26.2 Å². The largest absolute Gasteiger partial charge is 0.481 e. The summed E-state index contributed by atoms with van der Waals surface area (Å²) >= 11 is 0. The van der Waals surface area contributed by atoms with Crippen molar-refractivity contribution in [3.63, 3.8) is 0 Å². The summed E-state index contributed by atoms with van der Waals surface area (Å²) in [4.78, 5) is 38.3. The van der Waals surface area contributed by atoms with Crippen LogP contribution in [-0.4, -0.2) is 29.7 Å². The Morgan fingerprint density at radius 2 is 1.96 bits per heavy atom. The highest BCUT2D eigenvalue weighted by molar-refractivity contribution is 6.14. The summed E-state index contributed by atoms with van der Waals surface area (Å²) < 4.78 is 5.11. The van der Waals surface area contributed by atoms with Gasteiger partial charge in [-0.1, -0.05) is 18.2 Å². The van der Waals surface area contributed by atoms with E-state index < -0.39 is 11.3 Å². The lowest BCUT2D eigenvalue weighted by molar-refractivity contribution is -0.139. The van der Waals surface area contributed by atoms with Crippen LogP contribution in [0.5, 0.6) is 5.88 Å². The number of carbonyl (C=O) groups excluding carboxylic acids is 3. The van der Waals surface area contributed by atoms with E-state index in [0.717, 1.165) is 11.3 Å². The van der Waals surface area contributed by atoms with Crippen molar-refractivity contribution in [1.29, 1.82) is 0 Å². The first-order valence-corrected chi connectivity index (χ1v) is 7.53. The summed E-state index contributed by atoms with van der Waals surface area (Å²) in [6.07, 6.45) is 1.41. The normalized spacial score (nSPS) is 24.3. The minimum atomic E-state index is -1.28. The molecule has 1 saturated carbocycles. The zero-order valence-corrected chi connectivity index (χ0v) is 13.8. The maximum atomic E-state index is 12.6. The maximum absolute atomic E-state index is 12.6. The number of ketones is 1. The van der Waals surface area contributed by atoms with Crippen molar-refractivity contribution in [2.75, 3.05) is 7.11 Å². The van der Waals surface area contributed by atoms with E-state index in [1.165, 1.54) is 14.0 Å². The third-order valence-corrected chi connectivity index (χ3v) is 4.32. The van der Waals surface area contributed by atoms with E-state index >= 15 is 0 Å². The topological polar surface area (TPSA) is 125 Å². The Balaban J connectivity index is 0.000000471. The first-order chi connectivity index (χ1) is 11.2.